The van der Waals surface area contributed by atoms with Gasteiger partial charge in [-0.15, -0.1) is 0 Å². The Morgan fingerprint density at radius 3 is 2.50 bits per heavy atom. The molecule has 0 atom stereocenters. The first-order valence-corrected chi connectivity index (χ1v) is 9.28. The minimum absolute atomic E-state index is 0.0292. The van der Waals surface area contributed by atoms with Crippen LogP contribution in [0.2, 0.25) is 0 Å². The van der Waals surface area contributed by atoms with Gasteiger partial charge in [-0.1, -0.05) is 0 Å². The van der Waals surface area contributed by atoms with Gasteiger partial charge in [0.1, 0.15) is 5.54 Å². The van der Waals surface area contributed by atoms with Crippen LogP contribution in [-0.4, -0.2) is 42.0 Å². The van der Waals surface area contributed by atoms with Crippen LogP contribution >= 0.6 is 0 Å². The number of carbonyl (C=O) groups is 2. The van der Waals surface area contributed by atoms with E-state index in [1.54, 1.807) is 0 Å². The molecule has 1 amide bonds. The van der Waals surface area contributed by atoms with E-state index in [0.717, 1.165) is 18.9 Å². The van der Waals surface area contributed by atoms with Gasteiger partial charge in [0.15, 0.2) is 6.61 Å². The maximum atomic E-state index is 12.6. The maximum Gasteiger partial charge on any atom is 0.341 e. The minimum Gasteiger partial charge on any atom is -0.452 e. The second-order valence-electron chi connectivity index (χ2n) is 6.66. The monoisotopic (exact) mass is 388 g/mol. The molecular formula is C19H24N4O5. The zero-order valence-corrected chi connectivity index (χ0v) is 16.1. The van der Waals surface area contributed by atoms with Crippen LogP contribution in [0.1, 0.15) is 49.9 Å². The SMILES string of the molecule is CCN(CC)c1ccc([N+](=O)[O-])cc1C(=O)OCC(=O)NC1(C#N)CCCC1. The number of ether oxygens (including phenoxy) is 1. The highest BCUT2D eigenvalue weighted by Gasteiger charge is 2.35. The minimum atomic E-state index is -0.901. The molecule has 9 nitrogen and oxygen atoms in total. The number of nitro groups is 1. The number of benzene rings is 1. The first-order chi connectivity index (χ1) is 13.4. The van der Waals surface area contributed by atoms with Gasteiger partial charge in [-0.2, -0.15) is 5.26 Å². The van der Waals surface area contributed by atoms with Crippen molar-refractivity contribution in [2.75, 3.05) is 24.6 Å². The molecule has 0 saturated heterocycles. The number of anilines is 1. The number of nitro benzene ring substituents is 1. The number of hydrogen-bond acceptors (Lipinski definition) is 7. The summed E-state index contributed by atoms with van der Waals surface area (Å²) in [6.45, 7) is 4.44. The number of rotatable bonds is 8. The predicted octanol–water partition coefficient (Wildman–Crippen LogP) is 2.55. The van der Waals surface area contributed by atoms with Crippen molar-refractivity contribution in [3.8, 4) is 6.07 Å². The number of carbonyl (C=O) groups excluding carboxylic acids is 2. The highest BCUT2D eigenvalue weighted by molar-refractivity contribution is 5.97. The van der Waals surface area contributed by atoms with Crippen molar-refractivity contribution in [2.45, 2.75) is 45.1 Å². The smallest absolute Gasteiger partial charge is 0.341 e. The van der Waals surface area contributed by atoms with Gasteiger partial charge < -0.3 is 15.0 Å². The number of non-ortho nitro benzene ring substituents is 1. The third-order valence-electron chi connectivity index (χ3n) is 4.90. The molecule has 28 heavy (non-hydrogen) atoms. The maximum absolute atomic E-state index is 12.6. The Bertz CT molecular complexity index is 792. The summed E-state index contributed by atoms with van der Waals surface area (Å²) in [4.78, 5) is 37.0. The van der Waals surface area contributed by atoms with Gasteiger partial charge >= 0.3 is 5.97 Å². The fourth-order valence-electron chi connectivity index (χ4n) is 3.40. The molecule has 2 rings (SSSR count). The van der Waals surface area contributed by atoms with Gasteiger partial charge in [0, 0.05) is 25.2 Å². The van der Waals surface area contributed by atoms with Gasteiger partial charge in [-0.25, -0.2) is 4.79 Å². The molecule has 1 fully saturated rings. The van der Waals surface area contributed by atoms with Crippen molar-refractivity contribution >= 4 is 23.3 Å². The van der Waals surface area contributed by atoms with E-state index in [9.17, 15) is 25.0 Å². The van der Waals surface area contributed by atoms with Crippen LogP contribution in [0.5, 0.6) is 0 Å². The lowest BCUT2D eigenvalue weighted by Gasteiger charge is -2.24. The molecule has 0 radical (unpaired) electrons. The summed E-state index contributed by atoms with van der Waals surface area (Å²) in [6.07, 6.45) is 2.85. The fraction of sp³-hybridized carbons (Fsp3) is 0.526. The third-order valence-corrected chi connectivity index (χ3v) is 4.90. The van der Waals surface area contributed by atoms with E-state index in [2.05, 4.69) is 11.4 Å². The molecule has 1 aromatic rings. The molecule has 0 bridgehead atoms. The number of nitrogens with one attached hydrogen (secondary N) is 1. The Morgan fingerprint density at radius 2 is 1.96 bits per heavy atom. The van der Waals surface area contributed by atoms with Crippen molar-refractivity contribution in [1.82, 2.24) is 5.32 Å². The summed E-state index contributed by atoms with van der Waals surface area (Å²) in [5, 5.41) is 23.0. The molecule has 0 heterocycles. The van der Waals surface area contributed by atoms with E-state index in [0.29, 0.717) is 31.6 Å². The second kappa shape index (κ2) is 9.17. The number of amides is 1. The molecular weight excluding hydrogens is 364 g/mol. The van der Waals surface area contributed by atoms with Crippen LogP contribution in [0, 0.1) is 21.4 Å². The average molecular weight is 388 g/mol. The summed E-state index contributed by atoms with van der Waals surface area (Å²) in [7, 11) is 0. The second-order valence-corrected chi connectivity index (χ2v) is 6.66. The van der Waals surface area contributed by atoms with Gasteiger partial charge in [0.2, 0.25) is 0 Å². The van der Waals surface area contributed by atoms with Crippen LogP contribution in [0.4, 0.5) is 11.4 Å². The first-order valence-electron chi connectivity index (χ1n) is 9.28. The summed E-state index contributed by atoms with van der Waals surface area (Å²) < 4.78 is 5.09. The molecule has 1 aliphatic rings. The van der Waals surface area contributed by atoms with E-state index in [4.69, 9.17) is 4.74 Å². The zero-order chi connectivity index (χ0) is 20.7. The van der Waals surface area contributed by atoms with E-state index in [-0.39, 0.29) is 11.3 Å². The highest BCUT2D eigenvalue weighted by atomic mass is 16.6. The molecule has 0 aliphatic heterocycles. The Labute approximate surface area is 163 Å². The van der Waals surface area contributed by atoms with Crippen molar-refractivity contribution in [2.24, 2.45) is 0 Å². The Morgan fingerprint density at radius 1 is 1.32 bits per heavy atom. The van der Waals surface area contributed by atoms with Crippen LogP contribution < -0.4 is 10.2 Å². The van der Waals surface area contributed by atoms with Crippen molar-refractivity contribution in [3.05, 3.63) is 33.9 Å². The molecule has 0 aromatic heterocycles. The molecule has 1 N–H and O–H groups in total. The molecule has 1 aromatic carbocycles. The quantitative estimate of drug-likeness (QED) is 0.412. The predicted molar refractivity (Wildman–Crippen MR) is 102 cm³/mol. The molecule has 1 aliphatic carbocycles. The highest BCUT2D eigenvalue weighted by Crippen LogP contribution is 2.29. The lowest BCUT2D eigenvalue weighted by molar-refractivity contribution is -0.384. The van der Waals surface area contributed by atoms with Crippen LogP contribution in [0.3, 0.4) is 0 Å². The number of esters is 1. The third kappa shape index (κ3) is 4.76. The Hall–Kier alpha value is -3.15. The number of nitriles is 1. The average Bonchev–Trinajstić information content (AvgIpc) is 3.16. The topological polar surface area (TPSA) is 126 Å². The molecule has 150 valence electrons. The summed E-state index contributed by atoms with van der Waals surface area (Å²) in [5.74, 6) is -1.38. The summed E-state index contributed by atoms with van der Waals surface area (Å²) in [6, 6.07) is 6.12. The molecule has 0 unspecified atom stereocenters. The fourth-order valence-corrected chi connectivity index (χ4v) is 3.40. The Kier molecular flexibility index (Phi) is 6.93. The van der Waals surface area contributed by atoms with E-state index in [1.165, 1.54) is 12.1 Å². The van der Waals surface area contributed by atoms with Crippen molar-refractivity contribution in [1.29, 1.82) is 5.26 Å². The molecule has 0 spiro atoms. The van der Waals surface area contributed by atoms with Gasteiger partial charge in [-0.05, 0) is 45.6 Å². The van der Waals surface area contributed by atoms with Crippen LogP contribution in [-0.2, 0) is 9.53 Å². The van der Waals surface area contributed by atoms with Crippen molar-refractivity contribution in [3.63, 3.8) is 0 Å². The van der Waals surface area contributed by atoms with Gasteiger partial charge in [0.25, 0.3) is 11.6 Å². The lowest BCUT2D eigenvalue weighted by atomic mass is 10.00. The molecule has 9 heteroatoms. The van der Waals surface area contributed by atoms with E-state index in [1.807, 2.05) is 18.7 Å². The standard InChI is InChI=1S/C19H24N4O5/c1-3-22(4-2)16-8-7-14(23(26)27)11-15(16)18(25)28-12-17(24)21-19(13-20)9-5-6-10-19/h7-8,11H,3-6,9-10,12H2,1-2H3,(H,21,24). The Balaban J connectivity index is 2.13. The van der Waals surface area contributed by atoms with E-state index >= 15 is 0 Å². The van der Waals surface area contributed by atoms with Gasteiger partial charge in [0.05, 0.1) is 22.2 Å². The van der Waals surface area contributed by atoms with Crippen molar-refractivity contribution < 1.29 is 19.2 Å². The summed E-state index contributed by atoms with van der Waals surface area (Å²) >= 11 is 0. The largest absolute Gasteiger partial charge is 0.452 e. The first kappa shape index (κ1) is 21.2. The number of nitrogens with zero attached hydrogens (tertiary/aromatic N) is 3. The van der Waals surface area contributed by atoms with E-state index < -0.39 is 28.9 Å². The summed E-state index contributed by atoms with van der Waals surface area (Å²) in [5.41, 5.74) is -0.602. The number of hydrogen-bond donors (Lipinski definition) is 1. The lowest BCUT2D eigenvalue weighted by Crippen LogP contribution is -2.46. The zero-order valence-electron chi connectivity index (χ0n) is 16.1. The van der Waals surface area contributed by atoms with Crippen LogP contribution in [0.15, 0.2) is 18.2 Å². The molecule has 1 saturated carbocycles. The van der Waals surface area contributed by atoms with Gasteiger partial charge in [-0.3, -0.25) is 14.9 Å². The normalized spacial score (nSPS) is 14.8. The van der Waals surface area contributed by atoms with Crippen LogP contribution in [0.25, 0.3) is 0 Å².